The fourth-order valence-electron chi connectivity index (χ4n) is 1.45. The van der Waals surface area contributed by atoms with Crippen LogP contribution in [-0.2, 0) is 11.3 Å². The summed E-state index contributed by atoms with van der Waals surface area (Å²) >= 11 is 0. The predicted molar refractivity (Wildman–Crippen MR) is 70.8 cm³/mol. The molecule has 3 nitrogen and oxygen atoms in total. The van der Waals surface area contributed by atoms with Crippen molar-refractivity contribution in [1.82, 2.24) is 10.6 Å². The number of hydrogen-bond donors (Lipinski definition) is 2. The van der Waals surface area contributed by atoms with Crippen LogP contribution in [0.3, 0.4) is 0 Å². The zero-order chi connectivity index (χ0) is 12.7. The van der Waals surface area contributed by atoms with Crippen LogP contribution in [0.2, 0.25) is 0 Å². The van der Waals surface area contributed by atoms with E-state index in [0.717, 1.165) is 13.0 Å². The predicted octanol–water partition coefficient (Wildman–Crippen LogP) is 2.00. The smallest absolute Gasteiger partial charge is 0.234 e. The molecule has 0 spiro atoms. The molecule has 0 fully saturated rings. The maximum atomic E-state index is 11.5. The van der Waals surface area contributed by atoms with Gasteiger partial charge in [0.05, 0.1) is 6.54 Å². The topological polar surface area (TPSA) is 41.1 Å². The molecule has 0 saturated heterocycles. The maximum absolute atomic E-state index is 11.5. The number of nitrogens with one attached hydrogen (secondary N) is 2. The van der Waals surface area contributed by atoms with Crippen molar-refractivity contribution in [3.63, 3.8) is 0 Å². The normalized spacial score (nSPS) is 12.2. The van der Waals surface area contributed by atoms with Gasteiger partial charge in [-0.05, 0) is 25.8 Å². The molecule has 0 saturated carbocycles. The number of hydrogen-bond acceptors (Lipinski definition) is 2. The molecule has 3 heteroatoms. The Bertz CT molecular complexity index is 346. The summed E-state index contributed by atoms with van der Waals surface area (Å²) in [6, 6.07) is 8.57. The quantitative estimate of drug-likeness (QED) is 0.790. The molecule has 1 atom stereocenters. The molecule has 0 aromatic heterocycles. The van der Waals surface area contributed by atoms with Gasteiger partial charge in [0.2, 0.25) is 5.91 Å². The minimum Gasteiger partial charge on any atom is -0.353 e. The first kappa shape index (κ1) is 13.7. The van der Waals surface area contributed by atoms with Crippen molar-refractivity contribution >= 4 is 5.91 Å². The lowest BCUT2D eigenvalue weighted by molar-refractivity contribution is -0.120. The highest BCUT2D eigenvalue weighted by atomic mass is 16.1. The Morgan fingerprint density at radius 1 is 1.29 bits per heavy atom. The second kappa shape index (κ2) is 7.07. The summed E-state index contributed by atoms with van der Waals surface area (Å²) in [4.78, 5) is 11.5. The van der Waals surface area contributed by atoms with E-state index in [0.29, 0.717) is 6.54 Å². The van der Waals surface area contributed by atoms with Crippen LogP contribution >= 0.6 is 0 Å². The first-order valence-corrected chi connectivity index (χ1v) is 6.17. The standard InChI is InChI=1S/C14H22N2O/c1-4-12(3)16-14(17)10-15-9-13-7-5-11(2)6-8-13/h5-8,12,15H,4,9-10H2,1-3H3,(H,16,17). The Kier molecular flexibility index (Phi) is 5.70. The molecule has 0 bridgehead atoms. The van der Waals surface area contributed by atoms with E-state index in [1.807, 2.05) is 6.92 Å². The number of rotatable bonds is 6. The molecule has 94 valence electrons. The van der Waals surface area contributed by atoms with E-state index < -0.39 is 0 Å². The third-order valence-electron chi connectivity index (χ3n) is 2.76. The number of carbonyl (C=O) groups excluding carboxylic acids is 1. The summed E-state index contributed by atoms with van der Waals surface area (Å²) in [5, 5.41) is 6.06. The second-order valence-corrected chi connectivity index (χ2v) is 4.47. The van der Waals surface area contributed by atoms with Gasteiger partial charge in [0, 0.05) is 12.6 Å². The van der Waals surface area contributed by atoms with Crippen molar-refractivity contribution in [1.29, 1.82) is 0 Å². The van der Waals surface area contributed by atoms with E-state index in [4.69, 9.17) is 0 Å². The average Bonchev–Trinajstić information content (AvgIpc) is 2.31. The number of amides is 1. The van der Waals surface area contributed by atoms with Crippen molar-refractivity contribution in [3.8, 4) is 0 Å². The Hall–Kier alpha value is -1.35. The Morgan fingerprint density at radius 3 is 2.53 bits per heavy atom. The van der Waals surface area contributed by atoms with Crippen LogP contribution in [0.25, 0.3) is 0 Å². The van der Waals surface area contributed by atoms with Gasteiger partial charge in [-0.25, -0.2) is 0 Å². The van der Waals surface area contributed by atoms with Crippen LogP contribution in [0.1, 0.15) is 31.4 Å². The molecule has 1 aromatic rings. The SMILES string of the molecule is CCC(C)NC(=O)CNCc1ccc(C)cc1. The fourth-order valence-corrected chi connectivity index (χ4v) is 1.45. The molecule has 0 heterocycles. The van der Waals surface area contributed by atoms with Crippen molar-refractivity contribution < 1.29 is 4.79 Å². The molecule has 0 aliphatic heterocycles. The Labute approximate surface area is 104 Å². The molecule has 0 radical (unpaired) electrons. The van der Waals surface area contributed by atoms with E-state index >= 15 is 0 Å². The monoisotopic (exact) mass is 234 g/mol. The lowest BCUT2D eigenvalue weighted by Gasteiger charge is -2.11. The summed E-state index contributed by atoms with van der Waals surface area (Å²) in [6.45, 7) is 7.24. The van der Waals surface area contributed by atoms with Gasteiger partial charge in [-0.3, -0.25) is 4.79 Å². The fraction of sp³-hybridized carbons (Fsp3) is 0.500. The maximum Gasteiger partial charge on any atom is 0.234 e. The molecule has 2 N–H and O–H groups in total. The van der Waals surface area contributed by atoms with E-state index in [9.17, 15) is 4.79 Å². The molecule has 1 unspecified atom stereocenters. The summed E-state index contributed by atoms with van der Waals surface area (Å²) in [5.41, 5.74) is 2.45. The third-order valence-corrected chi connectivity index (χ3v) is 2.76. The number of aryl methyl sites for hydroxylation is 1. The number of benzene rings is 1. The first-order chi connectivity index (χ1) is 8.11. The minimum atomic E-state index is 0.0615. The van der Waals surface area contributed by atoms with Gasteiger partial charge in [0.15, 0.2) is 0 Å². The Balaban J connectivity index is 2.23. The van der Waals surface area contributed by atoms with Gasteiger partial charge in [0.1, 0.15) is 0 Å². The first-order valence-electron chi connectivity index (χ1n) is 6.17. The zero-order valence-electron chi connectivity index (χ0n) is 10.9. The molecular weight excluding hydrogens is 212 g/mol. The second-order valence-electron chi connectivity index (χ2n) is 4.47. The van der Waals surface area contributed by atoms with Gasteiger partial charge >= 0.3 is 0 Å². The average molecular weight is 234 g/mol. The van der Waals surface area contributed by atoms with Crippen molar-refractivity contribution in [2.75, 3.05) is 6.54 Å². The minimum absolute atomic E-state index is 0.0615. The van der Waals surface area contributed by atoms with Gasteiger partial charge in [0.25, 0.3) is 0 Å². The Morgan fingerprint density at radius 2 is 1.94 bits per heavy atom. The van der Waals surface area contributed by atoms with Gasteiger partial charge in [-0.1, -0.05) is 36.8 Å². The van der Waals surface area contributed by atoms with Crippen molar-refractivity contribution in [2.24, 2.45) is 0 Å². The molecule has 1 rings (SSSR count). The van der Waals surface area contributed by atoms with Gasteiger partial charge in [-0.15, -0.1) is 0 Å². The summed E-state index contributed by atoms with van der Waals surface area (Å²) in [5.74, 6) is 0.0615. The van der Waals surface area contributed by atoms with Gasteiger partial charge < -0.3 is 10.6 Å². The van der Waals surface area contributed by atoms with E-state index in [1.165, 1.54) is 11.1 Å². The van der Waals surface area contributed by atoms with Crippen LogP contribution in [-0.4, -0.2) is 18.5 Å². The van der Waals surface area contributed by atoms with Crippen molar-refractivity contribution in [3.05, 3.63) is 35.4 Å². The molecule has 1 amide bonds. The molecular formula is C14H22N2O. The van der Waals surface area contributed by atoms with E-state index in [2.05, 4.69) is 48.7 Å². The van der Waals surface area contributed by atoms with Crippen LogP contribution in [0.4, 0.5) is 0 Å². The summed E-state index contributed by atoms with van der Waals surface area (Å²) in [6.07, 6.45) is 0.962. The third kappa shape index (κ3) is 5.50. The van der Waals surface area contributed by atoms with E-state index in [1.54, 1.807) is 0 Å². The highest BCUT2D eigenvalue weighted by molar-refractivity contribution is 5.78. The molecule has 0 aliphatic carbocycles. The zero-order valence-corrected chi connectivity index (χ0v) is 10.9. The summed E-state index contributed by atoms with van der Waals surface area (Å²) in [7, 11) is 0. The molecule has 1 aromatic carbocycles. The molecule has 0 aliphatic rings. The molecule has 17 heavy (non-hydrogen) atoms. The van der Waals surface area contributed by atoms with Crippen LogP contribution < -0.4 is 10.6 Å². The van der Waals surface area contributed by atoms with Gasteiger partial charge in [-0.2, -0.15) is 0 Å². The van der Waals surface area contributed by atoms with Crippen LogP contribution in [0.5, 0.6) is 0 Å². The lowest BCUT2D eigenvalue weighted by Crippen LogP contribution is -2.38. The van der Waals surface area contributed by atoms with Crippen molar-refractivity contribution in [2.45, 2.75) is 39.8 Å². The van der Waals surface area contributed by atoms with Crippen LogP contribution in [0, 0.1) is 6.92 Å². The highest BCUT2D eigenvalue weighted by Crippen LogP contribution is 2.02. The number of carbonyl (C=O) groups is 1. The van der Waals surface area contributed by atoms with E-state index in [-0.39, 0.29) is 11.9 Å². The van der Waals surface area contributed by atoms with Crippen LogP contribution in [0.15, 0.2) is 24.3 Å². The largest absolute Gasteiger partial charge is 0.353 e. The lowest BCUT2D eigenvalue weighted by atomic mass is 10.1. The highest BCUT2D eigenvalue weighted by Gasteiger charge is 2.04. The summed E-state index contributed by atoms with van der Waals surface area (Å²) < 4.78 is 0.